The molecule has 0 aromatic heterocycles. The second-order valence-corrected chi connectivity index (χ2v) is 6.01. The summed E-state index contributed by atoms with van der Waals surface area (Å²) in [5.74, 6) is 1.17. The van der Waals surface area contributed by atoms with E-state index in [4.69, 9.17) is 0 Å². The molecule has 0 spiro atoms. The summed E-state index contributed by atoms with van der Waals surface area (Å²) in [4.78, 5) is 14.5. The van der Waals surface area contributed by atoms with Crippen molar-refractivity contribution in [3.63, 3.8) is 0 Å². The van der Waals surface area contributed by atoms with E-state index in [1.165, 1.54) is 13.0 Å². The molecule has 2 N–H and O–H groups in total. The first kappa shape index (κ1) is 13.8. The summed E-state index contributed by atoms with van der Waals surface area (Å²) in [6.07, 6.45) is 3.22. The van der Waals surface area contributed by atoms with Crippen LogP contribution in [0.5, 0.6) is 0 Å². The van der Waals surface area contributed by atoms with Crippen LogP contribution in [0.2, 0.25) is 0 Å². The van der Waals surface area contributed by atoms with E-state index < -0.39 is 0 Å². The van der Waals surface area contributed by atoms with E-state index in [2.05, 4.69) is 29.4 Å². The second-order valence-electron chi connectivity index (χ2n) is 6.01. The van der Waals surface area contributed by atoms with E-state index in [0.717, 1.165) is 39.0 Å². The minimum atomic E-state index is 0.244. The maximum absolute atomic E-state index is 12.0. The molecule has 2 heterocycles. The molecule has 0 aromatic carbocycles. The van der Waals surface area contributed by atoms with Crippen LogP contribution < -0.4 is 10.6 Å². The summed E-state index contributed by atoms with van der Waals surface area (Å²) >= 11 is 0. The molecular formula is C14H27N3O. The van der Waals surface area contributed by atoms with Gasteiger partial charge in [-0.1, -0.05) is 0 Å². The van der Waals surface area contributed by atoms with Crippen LogP contribution in [0.3, 0.4) is 0 Å². The maximum atomic E-state index is 12.0. The van der Waals surface area contributed by atoms with Crippen LogP contribution in [-0.4, -0.2) is 49.6 Å². The predicted molar refractivity (Wildman–Crippen MR) is 73.4 cm³/mol. The highest BCUT2D eigenvalue weighted by Crippen LogP contribution is 2.18. The summed E-state index contributed by atoms with van der Waals surface area (Å²) in [5, 5.41) is 6.46. The summed E-state index contributed by atoms with van der Waals surface area (Å²) in [6.45, 7) is 9.67. The first-order valence-corrected chi connectivity index (χ1v) is 7.39. The molecule has 1 atom stereocenters. The highest BCUT2D eigenvalue weighted by Gasteiger charge is 2.26. The largest absolute Gasteiger partial charge is 0.356 e. The Morgan fingerprint density at radius 3 is 2.67 bits per heavy atom. The zero-order valence-electron chi connectivity index (χ0n) is 11.7. The Hall–Kier alpha value is -0.610. The zero-order valence-corrected chi connectivity index (χ0v) is 11.7. The molecule has 4 heteroatoms. The number of hydrogen-bond donors (Lipinski definition) is 2. The van der Waals surface area contributed by atoms with Gasteiger partial charge in [-0.3, -0.25) is 4.79 Å². The van der Waals surface area contributed by atoms with Gasteiger partial charge in [0, 0.05) is 25.0 Å². The van der Waals surface area contributed by atoms with E-state index in [0.29, 0.717) is 12.0 Å². The monoisotopic (exact) mass is 253 g/mol. The Kier molecular flexibility index (Phi) is 5.01. The van der Waals surface area contributed by atoms with Crippen molar-refractivity contribution in [3.8, 4) is 0 Å². The lowest BCUT2D eigenvalue weighted by molar-refractivity contribution is -0.125. The number of amides is 1. The van der Waals surface area contributed by atoms with Gasteiger partial charge >= 0.3 is 0 Å². The molecule has 1 unspecified atom stereocenters. The number of nitrogens with zero attached hydrogens (tertiary/aromatic N) is 1. The Labute approximate surface area is 110 Å². The molecule has 0 saturated carbocycles. The third-order valence-electron chi connectivity index (χ3n) is 4.32. The fourth-order valence-electron chi connectivity index (χ4n) is 2.97. The van der Waals surface area contributed by atoms with Gasteiger partial charge in [0.1, 0.15) is 0 Å². The van der Waals surface area contributed by atoms with Crippen LogP contribution in [0.15, 0.2) is 0 Å². The molecule has 2 aliphatic rings. The Balaban J connectivity index is 1.67. The number of carbonyl (C=O) groups excluding carboxylic acids is 1. The van der Waals surface area contributed by atoms with Crippen LogP contribution in [0, 0.1) is 11.8 Å². The van der Waals surface area contributed by atoms with Crippen LogP contribution in [0.25, 0.3) is 0 Å². The fraction of sp³-hybridized carbons (Fsp3) is 0.929. The van der Waals surface area contributed by atoms with Gasteiger partial charge in [0.15, 0.2) is 0 Å². The summed E-state index contributed by atoms with van der Waals surface area (Å²) in [6, 6.07) is 0.634. The third kappa shape index (κ3) is 3.69. The van der Waals surface area contributed by atoms with Crippen molar-refractivity contribution in [3.05, 3.63) is 0 Å². The third-order valence-corrected chi connectivity index (χ3v) is 4.32. The van der Waals surface area contributed by atoms with Gasteiger partial charge in [-0.05, 0) is 58.7 Å². The normalized spacial score (nSPS) is 26.7. The molecular weight excluding hydrogens is 226 g/mol. The lowest BCUT2D eigenvalue weighted by Gasteiger charge is -2.23. The van der Waals surface area contributed by atoms with Crippen molar-refractivity contribution in [2.45, 2.75) is 39.2 Å². The van der Waals surface area contributed by atoms with Crippen molar-refractivity contribution >= 4 is 5.91 Å². The summed E-state index contributed by atoms with van der Waals surface area (Å²) in [7, 11) is 0. The fourth-order valence-corrected chi connectivity index (χ4v) is 2.97. The quantitative estimate of drug-likeness (QED) is 0.780. The van der Waals surface area contributed by atoms with Crippen LogP contribution in [0.4, 0.5) is 0 Å². The number of likely N-dealkylation sites (tertiary alicyclic amines) is 1. The van der Waals surface area contributed by atoms with Gasteiger partial charge in [0.05, 0.1) is 0 Å². The first-order chi connectivity index (χ1) is 8.66. The number of nitrogens with one attached hydrogen (secondary N) is 2. The molecule has 2 rings (SSSR count). The smallest absolute Gasteiger partial charge is 0.223 e. The molecule has 2 fully saturated rings. The van der Waals surface area contributed by atoms with Crippen LogP contribution in [-0.2, 0) is 4.79 Å². The highest BCUT2D eigenvalue weighted by molar-refractivity contribution is 5.78. The van der Waals surface area contributed by atoms with Gasteiger partial charge in [-0.15, -0.1) is 0 Å². The van der Waals surface area contributed by atoms with Crippen molar-refractivity contribution in [2.75, 3.05) is 32.7 Å². The SMILES string of the molecule is CC(C)N1CCC(CNC(=O)C2CCNCC2)C1. The molecule has 0 aliphatic carbocycles. The molecule has 0 aromatic rings. The van der Waals surface area contributed by atoms with Gasteiger partial charge in [0.2, 0.25) is 5.91 Å². The Bertz CT molecular complexity index is 274. The Morgan fingerprint density at radius 2 is 2.06 bits per heavy atom. The highest BCUT2D eigenvalue weighted by atomic mass is 16.1. The number of rotatable bonds is 4. The molecule has 4 nitrogen and oxygen atoms in total. The minimum absolute atomic E-state index is 0.244. The topological polar surface area (TPSA) is 44.4 Å². The average Bonchev–Trinajstić information content (AvgIpc) is 2.86. The van der Waals surface area contributed by atoms with Crippen molar-refractivity contribution in [1.29, 1.82) is 0 Å². The molecule has 104 valence electrons. The van der Waals surface area contributed by atoms with Gasteiger partial charge in [-0.2, -0.15) is 0 Å². The van der Waals surface area contributed by atoms with Gasteiger partial charge < -0.3 is 15.5 Å². The molecule has 0 radical (unpaired) electrons. The van der Waals surface area contributed by atoms with Gasteiger partial charge in [0.25, 0.3) is 0 Å². The van der Waals surface area contributed by atoms with Gasteiger partial charge in [-0.25, -0.2) is 0 Å². The maximum Gasteiger partial charge on any atom is 0.223 e. The molecule has 2 saturated heterocycles. The van der Waals surface area contributed by atoms with E-state index in [1.54, 1.807) is 0 Å². The second kappa shape index (κ2) is 6.53. The summed E-state index contributed by atoms with van der Waals surface area (Å²) in [5.41, 5.74) is 0. The number of piperidine rings is 1. The van der Waals surface area contributed by atoms with Crippen molar-refractivity contribution in [1.82, 2.24) is 15.5 Å². The van der Waals surface area contributed by atoms with Crippen LogP contribution >= 0.6 is 0 Å². The predicted octanol–water partition coefficient (Wildman–Crippen LogP) is 0.833. The number of carbonyl (C=O) groups is 1. The van der Waals surface area contributed by atoms with E-state index >= 15 is 0 Å². The van der Waals surface area contributed by atoms with Crippen LogP contribution in [0.1, 0.15) is 33.1 Å². The average molecular weight is 253 g/mol. The first-order valence-electron chi connectivity index (χ1n) is 7.39. The molecule has 1 amide bonds. The van der Waals surface area contributed by atoms with Crippen molar-refractivity contribution < 1.29 is 4.79 Å². The minimum Gasteiger partial charge on any atom is -0.356 e. The van der Waals surface area contributed by atoms with E-state index in [-0.39, 0.29) is 11.8 Å². The van der Waals surface area contributed by atoms with E-state index in [9.17, 15) is 4.79 Å². The molecule has 18 heavy (non-hydrogen) atoms. The van der Waals surface area contributed by atoms with Crippen molar-refractivity contribution in [2.24, 2.45) is 11.8 Å². The standard InChI is InChI=1S/C14H27N3O/c1-11(2)17-8-5-12(10-17)9-16-14(18)13-3-6-15-7-4-13/h11-13,15H,3-10H2,1-2H3,(H,16,18). The molecule has 0 bridgehead atoms. The lowest BCUT2D eigenvalue weighted by atomic mass is 9.97. The summed E-state index contributed by atoms with van der Waals surface area (Å²) < 4.78 is 0. The Morgan fingerprint density at radius 1 is 1.33 bits per heavy atom. The zero-order chi connectivity index (χ0) is 13.0. The lowest BCUT2D eigenvalue weighted by Crippen LogP contribution is -2.40. The number of hydrogen-bond acceptors (Lipinski definition) is 3. The van der Waals surface area contributed by atoms with E-state index in [1.807, 2.05) is 0 Å². The molecule has 2 aliphatic heterocycles.